The largest absolute Gasteiger partial charge is 0.309 e. The maximum Gasteiger partial charge on any atom is 0.0782 e. The summed E-state index contributed by atoms with van der Waals surface area (Å²) >= 11 is 0. The van der Waals surface area contributed by atoms with E-state index in [0.29, 0.717) is 0 Å². The first kappa shape index (κ1) is 31.2. The van der Waals surface area contributed by atoms with Crippen molar-refractivity contribution in [1.29, 1.82) is 0 Å². The van der Waals surface area contributed by atoms with Crippen molar-refractivity contribution in [3.8, 4) is 22.5 Å². The van der Waals surface area contributed by atoms with E-state index in [1.165, 1.54) is 54.5 Å². The Labute approximate surface area is 319 Å². The Morgan fingerprint density at radius 2 is 0.909 bits per heavy atom. The van der Waals surface area contributed by atoms with E-state index in [0.717, 1.165) is 39.5 Å². The monoisotopic (exact) mass is 701 g/mol. The van der Waals surface area contributed by atoms with Crippen LogP contribution in [-0.4, -0.2) is 9.13 Å². The average Bonchev–Trinajstić information content (AvgIpc) is 3.77. The molecule has 0 unspecified atom stereocenters. The fourth-order valence-electron chi connectivity index (χ4n) is 8.60. The summed E-state index contributed by atoms with van der Waals surface area (Å²) in [4.78, 5) is 2.46. The molecule has 3 nitrogen and oxygen atoms in total. The van der Waals surface area contributed by atoms with Crippen molar-refractivity contribution in [3.63, 3.8) is 0 Å². The zero-order valence-electron chi connectivity index (χ0n) is 30.0. The van der Waals surface area contributed by atoms with Crippen molar-refractivity contribution < 1.29 is 0 Å². The fraction of sp³-hybridized carbons (Fsp3) is 0. The maximum absolute atomic E-state index is 2.46. The van der Waals surface area contributed by atoms with Gasteiger partial charge in [-0.15, -0.1) is 0 Å². The summed E-state index contributed by atoms with van der Waals surface area (Å²) in [5.74, 6) is 0. The normalized spacial score (nSPS) is 11.6. The first-order valence-electron chi connectivity index (χ1n) is 18.9. The zero-order valence-corrected chi connectivity index (χ0v) is 30.0. The molecule has 9 aromatic carbocycles. The van der Waals surface area contributed by atoms with Gasteiger partial charge < -0.3 is 14.0 Å². The lowest BCUT2D eigenvalue weighted by Gasteiger charge is -2.28. The third-order valence-electron chi connectivity index (χ3n) is 11.0. The number of benzene rings is 9. The molecule has 0 N–H and O–H groups in total. The molecule has 0 radical (unpaired) electrons. The van der Waals surface area contributed by atoms with Crippen LogP contribution in [0, 0.1) is 0 Å². The predicted octanol–water partition coefficient (Wildman–Crippen LogP) is 14.2. The van der Waals surface area contributed by atoms with Crippen LogP contribution in [0.15, 0.2) is 212 Å². The molecule has 3 heteroatoms. The highest BCUT2D eigenvalue weighted by Gasteiger charge is 2.23. The summed E-state index contributed by atoms with van der Waals surface area (Å²) in [5.41, 5.74) is 12.6. The van der Waals surface area contributed by atoms with Crippen LogP contribution in [0.4, 0.5) is 17.1 Å². The zero-order chi connectivity index (χ0) is 36.3. The lowest BCUT2D eigenvalue weighted by Crippen LogP contribution is -2.12. The van der Waals surface area contributed by atoms with Crippen molar-refractivity contribution in [2.75, 3.05) is 4.90 Å². The SMILES string of the molecule is c1ccc(-c2cccc(N(c3ccc4c5ccccc5n(-c5ccccc5)c4c3)c3cccc4c5ccccc5n(-c5ccc6ccccc6c5)c34)c2)cc1. The molecule has 0 bridgehead atoms. The third kappa shape index (κ3) is 5.05. The van der Waals surface area contributed by atoms with Gasteiger partial charge in [-0.25, -0.2) is 0 Å². The molecule has 0 spiro atoms. The van der Waals surface area contributed by atoms with E-state index in [-0.39, 0.29) is 0 Å². The highest BCUT2D eigenvalue weighted by molar-refractivity contribution is 6.15. The molecule has 55 heavy (non-hydrogen) atoms. The quantitative estimate of drug-likeness (QED) is 0.168. The summed E-state index contributed by atoms with van der Waals surface area (Å²) in [7, 11) is 0. The number of hydrogen-bond acceptors (Lipinski definition) is 1. The molecule has 0 aliphatic carbocycles. The second-order valence-corrected chi connectivity index (χ2v) is 14.2. The van der Waals surface area contributed by atoms with Gasteiger partial charge in [-0.2, -0.15) is 0 Å². The van der Waals surface area contributed by atoms with Crippen LogP contribution in [0.1, 0.15) is 0 Å². The minimum atomic E-state index is 1.08. The lowest BCUT2D eigenvalue weighted by molar-refractivity contribution is 1.17. The molecular weight excluding hydrogens is 667 g/mol. The van der Waals surface area contributed by atoms with E-state index in [1.807, 2.05) is 0 Å². The van der Waals surface area contributed by atoms with E-state index in [4.69, 9.17) is 0 Å². The standard InChI is InChI=1S/C52H35N3/c1-3-15-36(16-4-1)39-19-13-22-41(33-39)53(43-31-32-46-44-23-9-11-26-48(44)54(51(46)35-43)40-20-5-2-6-21-40)50-28-14-25-47-45-24-10-12-27-49(45)55(52(47)50)42-30-29-37-17-7-8-18-38(37)34-42/h1-35H. The Morgan fingerprint density at radius 3 is 1.73 bits per heavy atom. The molecule has 0 saturated carbocycles. The van der Waals surface area contributed by atoms with Crippen LogP contribution < -0.4 is 4.90 Å². The molecule has 0 aliphatic heterocycles. The highest BCUT2D eigenvalue weighted by Crippen LogP contribution is 2.45. The van der Waals surface area contributed by atoms with Gasteiger partial charge in [-0.05, 0) is 88.6 Å². The first-order chi connectivity index (χ1) is 27.3. The summed E-state index contributed by atoms with van der Waals surface area (Å²) in [5, 5.41) is 7.35. The Kier molecular flexibility index (Phi) is 7.17. The Hall–Kier alpha value is -7.36. The van der Waals surface area contributed by atoms with Crippen LogP contribution in [0.5, 0.6) is 0 Å². The third-order valence-corrected chi connectivity index (χ3v) is 11.0. The van der Waals surface area contributed by atoms with Crippen LogP contribution in [0.2, 0.25) is 0 Å². The average molecular weight is 702 g/mol. The Balaban J connectivity index is 1.23. The van der Waals surface area contributed by atoms with Gasteiger partial charge in [-0.1, -0.05) is 146 Å². The second-order valence-electron chi connectivity index (χ2n) is 14.2. The summed E-state index contributed by atoms with van der Waals surface area (Å²) in [6.45, 7) is 0. The molecule has 11 rings (SSSR count). The van der Waals surface area contributed by atoms with Crippen molar-refractivity contribution >= 4 is 71.4 Å². The van der Waals surface area contributed by atoms with E-state index < -0.39 is 0 Å². The number of fused-ring (bicyclic) bond motifs is 7. The van der Waals surface area contributed by atoms with Crippen LogP contribution >= 0.6 is 0 Å². The van der Waals surface area contributed by atoms with Gasteiger partial charge in [0.15, 0.2) is 0 Å². The number of aromatic nitrogens is 2. The summed E-state index contributed by atoms with van der Waals surface area (Å²) in [6, 6.07) is 77.1. The lowest BCUT2D eigenvalue weighted by atomic mass is 10.0. The van der Waals surface area contributed by atoms with Crippen LogP contribution in [0.3, 0.4) is 0 Å². The summed E-state index contributed by atoms with van der Waals surface area (Å²) < 4.78 is 4.86. The molecule has 0 atom stereocenters. The topological polar surface area (TPSA) is 13.1 Å². The Morgan fingerprint density at radius 1 is 0.309 bits per heavy atom. The molecule has 0 saturated heterocycles. The number of para-hydroxylation sites is 4. The van der Waals surface area contributed by atoms with Crippen molar-refractivity contribution in [3.05, 3.63) is 212 Å². The molecule has 2 aromatic heterocycles. The number of rotatable bonds is 6. The molecule has 11 aromatic rings. The minimum Gasteiger partial charge on any atom is -0.309 e. The highest BCUT2D eigenvalue weighted by atomic mass is 15.2. The number of anilines is 3. The van der Waals surface area contributed by atoms with Gasteiger partial charge in [0.05, 0.1) is 27.8 Å². The van der Waals surface area contributed by atoms with Gasteiger partial charge in [0.2, 0.25) is 0 Å². The molecule has 0 aliphatic rings. The molecule has 258 valence electrons. The van der Waals surface area contributed by atoms with Crippen molar-refractivity contribution in [2.24, 2.45) is 0 Å². The Bertz CT molecular complexity index is 3210. The molecule has 2 heterocycles. The molecular formula is C52H35N3. The van der Waals surface area contributed by atoms with Crippen molar-refractivity contribution in [2.45, 2.75) is 0 Å². The summed E-state index contributed by atoms with van der Waals surface area (Å²) in [6.07, 6.45) is 0. The molecule has 0 amide bonds. The van der Waals surface area contributed by atoms with Gasteiger partial charge in [0.25, 0.3) is 0 Å². The van der Waals surface area contributed by atoms with Gasteiger partial charge >= 0.3 is 0 Å². The van der Waals surface area contributed by atoms with Gasteiger partial charge in [0.1, 0.15) is 0 Å². The minimum absolute atomic E-state index is 1.08. The van der Waals surface area contributed by atoms with E-state index in [9.17, 15) is 0 Å². The fourth-order valence-corrected chi connectivity index (χ4v) is 8.60. The van der Waals surface area contributed by atoms with E-state index in [1.54, 1.807) is 0 Å². The van der Waals surface area contributed by atoms with Crippen LogP contribution in [-0.2, 0) is 0 Å². The second kappa shape index (κ2) is 12.6. The van der Waals surface area contributed by atoms with Crippen LogP contribution in [0.25, 0.3) is 76.9 Å². The van der Waals surface area contributed by atoms with Gasteiger partial charge in [0, 0.05) is 44.3 Å². The molecule has 0 fully saturated rings. The van der Waals surface area contributed by atoms with Gasteiger partial charge in [-0.3, -0.25) is 0 Å². The number of hydrogen-bond donors (Lipinski definition) is 0. The van der Waals surface area contributed by atoms with Crippen molar-refractivity contribution in [1.82, 2.24) is 9.13 Å². The smallest absolute Gasteiger partial charge is 0.0782 e. The number of nitrogens with zero attached hydrogens (tertiary/aromatic N) is 3. The predicted molar refractivity (Wildman–Crippen MR) is 233 cm³/mol. The first-order valence-corrected chi connectivity index (χ1v) is 18.9. The maximum atomic E-state index is 2.46. The van der Waals surface area contributed by atoms with E-state index in [2.05, 4.69) is 226 Å². The van der Waals surface area contributed by atoms with E-state index >= 15 is 0 Å².